The Morgan fingerprint density at radius 1 is 0.944 bits per heavy atom. The molecule has 2 aromatic carbocycles. The van der Waals surface area contributed by atoms with E-state index in [2.05, 4.69) is 43.3 Å². The Morgan fingerprint density at radius 3 is 2.47 bits per heavy atom. The minimum atomic E-state index is -0.0785. The number of benzene rings is 2. The van der Waals surface area contributed by atoms with E-state index in [0.717, 1.165) is 55.3 Å². The third kappa shape index (κ3) is 5.42. The standard InChI is InChI=1S/C27H29N7OS/c1-2-32-15-17-33(18-16-32)24-13-7-6-12-23(24)29-25(35)20-36-27-31-30-26(21-9-8-14-28-19-21)34(27)22-10-4-3-5-11-22/h3-14,19H,2,15-18,20H2,1H3,(H,29,35). The number of rotatable bonds is 8. The first-order valence-corrected chi connectivity index (χ1v) is 13.1. The number of nitrogens with zero attached hydrogens (tertiary/aromatic N) is 6. The molecule has 0 aliphatic carbocycles. The fourth-order valence-electron chi connectivity index (χ4n) is 4.33. The molecule has 0 unspecified atom stereocenters. The summed E-state index contributed by atoms with van der Waals surface area (Å²) in [6, 6.07) is 21.8. The van der Waals surface area contributed by atoms with Crippen LogP contribution < -0.4 is 10.2 Å². The number of para-hydroxylation sites is 3. The number of pyridine rings is 1. The van der Waals surface area contributed by atoms with Crippen molar-refractivity contribution in [3.8, 4) is 17.1 Å². The quantitative estimate of drug-likeness (QED) is 0.364. The Bertz CT molecular complexity index is 1290. The molecule has 0 spiro atoms. The molecule has 36 heavy (non-hydrogen) atoms. The van der Waals surface area contributed by atoms with E-state index in [0.29, 0.717) is 11.0 Å². The van der Waals surface area contributed by atoms with Crippen LogP contribution in [0.25, 0.3) is 17.1 Å². The molecule has 1 aliphatic rings. The van der Waals surface area contributed by atoms with Crippen molar-refractivity contribution in [2.24, 2.45) is 0 Å². The summed E-state index contributed by atoms with van der Waals surface area (Å²) >= 11 is 1.37. The van der Waals surface area contributed by atoms with Crippen molar-refractivity contribution >= 4 is 29.0 Å². The maximum atomic E-state index is 13.0. The van der Waals surface area contributed by atoms with Crippen LogP contribution in [0.5, 0.6) is 0 Å². The van der Waals surface area contributed by atoms with E-state index in [1.54, 1.807) is 12.4 Å². The maximum Gasteiger partial charge on any atom is 0.234 e. The Kier molecular flexibility index (Phi) is 7.58. The second-order valence-corrected chi connectivity index (χ2v) is 9.44. The summed E-state index contributed by atoms with van der Waals surface area (Å²) in [7, 11) is 0. The van der Waals surface area contributed by atoms with Crippen molar-refractivity contribution in [2.45, 2.75) is 12.1 Å². The van der Waals surface area contributed by atoms with Crippen LogP contribution in [0.3, 0.4) is 0 Å². The highest BCUT2D eigenvalue weighted by Gasteiger charge is 2.20. The molecular formula is C27H29N7OS. The predicted octanol–water partition coefficient (Wildman–Crippen LogP) is 4.20. The van der Waals surface area contributed by atoms with Crippen LogP contribution in [0.2, 0.25) is 0 Å². The number of carbonyl (C=O) groups is 1. The summed E-state index contributed by atoms with van der Waals surface area (Å²) in [6.45, 7) is 7.23. The van der Waals surface area contributed by atoms with Crippen molar-refractivity contribution in [1.29, 1.82) is 0 Å². The van der Waals surface area contributed by atoms with Gasteiger partial charge in [-0.1, -0.05) is 49.0 Å². The molecule has 0 atom stereocenters. The predicted molar refractivity (Wildman–Crippen MR) is 145 cm³/mol. The number of aromatic nitrogens is 4. The summed E-state index contributed by atoms with van der Waals surface area (Å²) in [6.07, 6.45) is 3.50. The van der Waals surface area contributed by atoms with Gasteiger partial charge in [-0.3, -0.25) is 14.3 Å². The number of amides is 1. The molecule has 1 aliphatic heterocycles. The van der Waals surface area contributed by atoms with Gasteiger partial charge in [-0.15, -0.1) is 10.2 Å². The van der Waals surface area contributed by atoms with Crippen molar-refractivity contribution < 1.29 is 4.79 Å². The van der Waals surface area contributed by atoms with Gasteiger partial charge in [-0.25, -0.2) is 0 Å². The largest absolute Gasteiger partial charge is 0.367 e. The van der Waals surface area contributed by atoms with Gasteiger partial charge in [-0.2, -0.15) is 0 Å². The van der Waals surface area contributed by atoms with Gasteiger partial charge < -0.3 is 15.1 Å². The van der Waals surface area contributed by atoms with Crippen LogP contribution in [0.15, 0.2) is 84.3 Å². The molecule has 0 radical (unpaired) electrons. The third-order valence-electron chi connectivity index (χ3n) is 6.24. The number of hydrogen-bond donors (Lipinski definition) is 1. The maximum absolute atomic E-state index is 13.0. The molecule has 4 aromatic rings. The lowest BCUT2D eigenvalue weighted by Crippen LogP contribution is -2.46. The molecule has 9 heteroatoms. The molecule has 8 nitrogen and oxygen atoms in total. The van der Waals surface area contributed by atoms with E-state index < -0.39 is 0 Å². The van der Waals surface area contributed by atoms with Crippen molar-refractivity contribution in [3.63, 3.8) is 0 Å². The van der Waals surface area contributed by atoms with Gasteiger partial charge in [-0.05, 0) is 42.9 Å². The third-order valence-corrected chi connectivity index (χ3v) is 7.17. The Labute approximate surface area is 215 Å². The molecule has 1 amide bonds. The number of hydrogen-bond acceptors (Lipinski definition) is 7. The molecule has 0 bridgehead atoms. The lowest BCUT2D eigenvalue weighted by atomic mass is 10.2. The molecule has 1 N–H and O–H groups in total. The molecular weight excluding hydrogens is 470 g/mol. The number of carbonyl (C=O) groups excluding carboxylic acids is 1. The van der Waals surface area contributed by atoms with E-state index in [9.17, 15) is 4.79 Å². The molecule has 5 rings (SSSR count). The zero-order valence-electron chi connectivity index (χ0n) is 20.2. The summed E-state index contributed by atoms with van der Waals surface area (Å²) in [5.74, 6) is 0.828. The highest BCUT2D eigenvalue weighted by Crippen LogP contribution is 2.29. The smallest absolute Gasteiger partial charge is 0.234 e. The second-order valence-electron chi connectivity index (χ2n) is 8.49. The van der Waals surface area contributed by atoms with Gasteiger partial charge in [0, 0.05) is 49.8 Å². The van der Waals surface area contributed by atoms with E-state index >= 15 is 0 Å². The van der Waals surface area contributed by atoms with Crippen LogP contribution in [-0.2, 0) is 4.79 Å². The highest BCUT2D eigenvalue weighted by molar-refractivity contribution is 7.99. The minimum Gasteiger partial charge on any atom is -0.367 e. The molecule has 1 fully saturated rings. The number of piperazine rings is 1. The van der Waals surface area contributed by atoms with Gasteiger partial charge in [0.25, 0.3) is 0 Å². The molecule has 0 saturated carbocycles. The summed E-state index contributed by atoms with van der Waals surface area (Å²) in [5.41, 5.74) is 3.70. The number of likely N-dealkylation sites (N-methyl/N-ethyl adjacent to an activating group) is 1. The average Bonchev–Trinajstić information content (AvgIpc) is 3.37. The number of nitrogens with one attached hydrogen (secondary N) is 1. The van der Waals surface area contributed by atoms with Gasteiger partial charge in [0.1, 0.15) is 0 Å². The van der Waals surface area contributed by atoms with E-state index in [4.69, 9.17) is 0 Å². The van der Waals surface area contributed by atoms with Crippen molar-refractivity contribution in [1.82, 2.24) is 24.6 Å². The number of thioether (sulfide) groups is 1. The minimum absolute atomic E-state index is 0.0785. The highest BCUT2D eigenvalue weighted by atomic mass is 32.2. The zero-order valence-corrected chi connectivity index (χ0v) is 21.1. The molecule has 184 valence electrons. The van der Waals surface area contributed by atoms with Gasteiger partial charge in [0.15, 0.2) is 11.0 Å². The first-order valence-electron chi connectivity index (χ1n) is 12.1. The first-order chi connectivity index (χ1) is 17.7. The summed E-state index contributed by atoms with van der Waals surface area (Å²) < 4.78 is 1.97. The number of anilines is 2. The van der Waals surface area contributed by atoms with E-state index in [-0.39, 0.29) is 11.7 Å². The van der Waals surface area contributed by atoms with E-state index in [1.807, 2.05) is 65.2 Å². The lowest BCUT2D eigenvalue weighted by molar-refractivity contribution is -0.113. The van der Waals surface area contributed by atoms with Crippen LogP contribution in [0.1, 0.15) is 6.92 Å². The average molecular weight is 500 g/mol. The normalized spacial score (nSPS) is 14.1. The van der Waals surface area contributed by atoms with E-state index in [1.165, 1.54) is 11.8 Å². The first kappa shape index (κ1) is 24.0. The molecule has 2 aromatic heterocycles. The summed E-state index contributed by atoms with van der Waals surface area (Å²) in [5, 5.41) is 12.6. The Morgan fingerprint density at radius 2 is 1.72 bits per heavy atom. The van der Waals surface area contributed by atoms with Gasteiger partial charge >= 0.3 is 0 Å². The lowest BCUT2D eigenvalue weighted by Gasteiger charge is -2.36. The van der Waals surface area contributed by atoms with Crippen molar-refractivity contribution in [2.75, 3.05) is 48.7 Å². The zero-order chi connectivity index (χ0) is 24.7. The fourth-order valence-corrected chi connectivity index (χ4v) is 5.08. The second kappa shape index (κ2) is 11.4. The fraction of sp³-hybridized carbons (Fsp3) is 0.259. The van der Waals surface area contributed by atoms with Crippen LogP contribution in [0, 0.1) is 0 Å². The van der Waals surface area contributed by atoms with Crippen LogP contribution in [-0.4, -0.2) is 69.0 Å². The summed E-state index contributed by atoms with van der Waals surface area (Å²) in [4.78, 5) is 22.0. The SMILES string of the molecule is CCN1CCN(c2ccccc2NC(=O)CSc2nnc(-c3cccnc3)n2-c2ccccc2)CC1. The monoisotopic (exact) mass is 499 g/mol. The molecule has 3 heterocycles. The topological polar surface area (TPSA) is 79.2 Å². The van der Waals surface area contributed by atoms with Crippen molar-refractivity contribution in [3.05, 3.63) is 79.1 Å². The van der Waals surface area contributed by atoms with Gasteiger partial charge in [0.05, 0.1) is 17.1 Å². The Balaban J connectivity index is 1.31. The Hall–Kier alpha value is -3.69. The van der Waals surface area contributed by atoms with Crippen LogP contribution >= 0.6 is 11.8 Å². The molecule has 1 saturated heterocycles. The van der Waals surface area contributed by atoms with Gasteiger partial charge in [0.2, 0.25) is 5.91 Å². The van der Waals surface area contributed by atoms with Crippen LogP contribution in [0.4, 0.5) is 11.4 Å².